The fraction of sp³-hybridized carbons (Fsp3) is 0.385. The van der Waals surface area contributed by atoms with Crippen molar-refractivity contribution < 1.29 is 9.59 Å². The van der Waals surface area contributed by atoms with Gasteiger partial charge in [-0.25, -0.2) is 0 Å². The lowest BCUT2D eigenvalue weighted by molar-refractivity contribution is -0.120. The summed E-state index contributed by atoms with van der Waals surface area (Å²) in [6.45, 7) is 5.65. The van der Waals surface area contributed by atoms with Crippen molar-refractivity contribution in [2.24, 2.45) is 0 Å². The molecule has 2 amide bonds. The quantitative estimate of drug-likeness (QED) is 0.893. The summed E-state index contributed by atoms with van der Waals surface area (Å²) in [5.74, 6) is -0.434. The SMILES string of the molecule is Cc1cc(C(=O)NCC(=O)NC(C)C)ccc1Br. The van der Waals surface area contributed by atoms with Gasteiger partial charge >= 0.3 is 0 Å². The Hall–Kier alpha value is -1.36. The molecule has 0 radical (unpaired) electrons. The number of nitrogens with one attached hydrogen (secondary N) is 2. The van der Waals surface area contributed by atoms with Crippen LogP contribution in [0.3, 0.4) is 0 Å². The molecule has 0 saturated carbocycles. The number of carbonyl (C=O) groups is 2. The van der Waals surface area contributed by atoms with Crippen LogP contribution in [0.5, 0.6) is 0 Å². The van der Waals surface area contributed by atoms with E-state index in [1.165, 1.54) is 0 Å². The van der Waals surface area contributed by atoms with Gasteiger partial charge in [-0.15, -0.1) is 0 Å². The van der Waals surface area contributed by atoms with Crippen LogP contribution in [-0.2, 0) is 4.79 Å². The van der Waals surface area contributed by atoms with Gasteiger partial charge in [-0.05, 0) is 44.5 Å². The molecule has 0 saturated heterocycles. The maximum absolute atomic E-state index is 11.8. The minimum absolute atomic E-state index is 0.00781. The molecule has 0 aliphatic rings. The lowest BCUT2D eigenvalue weighted by atomic mass is 10.1. The largest absolute Gasteiger partial charge is 0.352 e. The van der Waals surface area contributed by atoms with Gasteiger partial charge in [-0.3, -0.25) is 9.59 Å². The summed E-state index contributed by atoms with van der Waals surface area (Å²) in [7, 11) is 0. The van der Waals surface area contributed by atoms with Gasteiger partial charge in [0.25, 0.3) is 5.91 Å². The van der Waals surface area contributed by atoms with Crippen molar-refractivity contribution in [3.8, 4) is 0 Å². The van der Waals surface area contributed by atoms with Gasteiger partial charge in [0.05, 0.1) is 6.54 Å². The number of hydrogen-bond donors (Lipinski definition) is 2. The molecule has 1 aromatic carbocycles. The van der Waals surface area contributed by atoms with Crippen LogP contribution >= 0.6 is 15.9 Å². The van der Waals surface area contributed by atoms with E-state index in [-0.39, 0.29) is 24.4 Å². The average molecular weight is 313 g/mol. The zero-order valence-electron chi connectivity index (χ0n) is 10.7. The molecular weight excluding hydrogens is 296 g/mol. The van der Waals surface area contributed by atoms with E-state index in [4.69, 9.17) is 0 Å². The van der Waals surface area contributed by atoms with Crippen LogP contribution in [0, 0.1) is 6.92 Å². The van der Waals surface area contributed by atoms with Gasteiger partial charge in [0.2, 0.25) is 5.91 Å². The molecule has 0 aliphatic heterocycles. The average Bonchev–Trinajstić information content (AvgIpc) is 2.28. The predicted octanol–water partition coefficient (Wildman–Crippen LogP) is 2.01. The number of hydrogen-bond acceptors (Lipinski definition) is 2. The van der Waals surface area contributed by atoms with Crippen molar-refractivity contribution in [1.82, 2.24) is 10.6 Å². The van der Waals surface area contributed by atoms with Crippen LogP contribution in [0.2, 0.25) is 0 Å². The number of rotatable bonds is 4. The first-order valence-electron chi connectivity index (χ1n) is 5.74. The molecule has 0 aliphatic carbocycles. The Morgan fingerprint density at radius 2 is 2.00 bits per heavy atom. The summed E-state index contributed by atoms with van der Waals surface area (Å²) in [6.07, 6.45) is 0. The van der Waals surface area contributed by atoms with Crippen LogP contribution in [0.4, 0.5) is 0 Å². The lowest BCUT2D eigenvalue weighted by Crippen LogP contribution is -2.39. The Morgan fingerprint density at radius 3 is 2.56 bits per heavy atom. The molecule has 0 heterocycles. The molecule has 0 aromatic heterocycles. The summed E-state index contributed by atoms with van der Waals surface area (Å²) < 4.78 is 0.955. The van der Waals surface area contributed by atoms with E-state index < -0.39 is 0 Å². The van der Waals surface area contributed by atoms with E-state index in [0.29, 0.717) is 5.56 Å². The summed E-state index contributed by atoms with van der Waals surface area (Å²) in [5.41, 5.74) is 1.53. The third kappa shape index (κ3) is 4.49. The fourth-order valence-corrected chi connectivity index (χ4v) is 1.67. The van der Waals surface area contributed by atoms with Gasteiger partial charge in [0.15, 0.2) is 0 Å². The molecule has 5 heteroatoms. The van der Waals surface area contributed by atoms with Crippen LogP contribution in [0.25, 0.3) is 0 Å². The van der Waals surface area contributed by atoms with Crippen molar-refractivity contribution in [2.75, 3.05) is 6.54 Å². The van der Waals surface area contributed by atoms with E-state index in [1.54, 1.807) is 12.1 Å². The number of benzene rings is 1. The molecule has 0 fully saturated rings. The maximum Gasteiger partial charge on any atom is 0.251 e. The molecule has 0 bridgehead atoms. The predicted molar refractivity (Wildman–Crippen MR) is 74.5 cm³/mol. The zero-order valence-corrected chi connectivity index (χ0v) is 12.3. The van der Waals surface area contributed by atoms with E-state index >= 15 is 0 Å². The maximum atomic E-state index is 11.8. The highest BCUT2D eigenvalue weighted by Gasteiger charge is 2.09. The Labute approximate surface area is 115 Å². The molecule has 18 heavy (non-hydrogen) atoms. The van der Waals surface area contributed by atoms with Gasteiger partial charge in [0.1, 0.15) is 0 Å². The third-order valence-corrected chi connectivity index (χ3v) is 3.17. The van der Waals surface area contributed by atoms with Crippen molar-refractivity contribution >= 4 is 27.7 Å². The first-order chi connectivity index (χ1) is 8.40. The van der Waals surface area contributed by atoms with Crippen LogP contribution < -0.4 is 10.6 Å². The first kappa shape index (κ1) is 14.7. The summed E-state index contributed by atoms with van der Waals surface area (Å²) in [4.78, 5) is 23.2. The van der Waals surface area contributed by atoms with Gasteiger partial charge in [-0.2, -0.15) is 0 Å². The smallest absolute Gasteiger partial charge is 0.251 e. The highest BCUT2D eigenvalue weighted by Crippen LogP contribution is 2.16. The second kappa shape index (κ2) is 6.54. The van der Waals surface area contributed by atoms with Crippen LogP contribution in [0.15, 0.2) is 22.7 Å². The Kier molecular flexibility index (Phi) is 5.34. The summed E-state index contributed by atoms with van der Waals surface area (Å²) in [5, 5.41) is 5.29. The van der Waals surface area contributed by atoms with Crippen LogP contribution in [-0.4, -0.2) is 24.4 Å². The number of amides is 2. The second-order valence-electron chi connectivity index (χ2n) is 4.37. The summed E-state index contributed by atoms with van der Waals surface area (Å²) in [6, 6.07) is 5.38. The standard InChI is InChI=1S/C13H17BrN2O2/c1-8(2)16-12(17)7-15-13(18)10-4-5-11(14)9(3)6-10/h4-6,8H,7H2,1-3H3,(H,15,18)(H,16,17). The molecule has 0 spiro atoms. The topological polar surface area (TPSA) is 58.2 Å². The second-order valence-corrected chi connectivity index (χ2v) is 5.22. The molecule has 0 unspecified atom stereocenters. The number of aryl methyl sites for hydroxylation is 1. The molecular formula is C13H17BrN2O2. The van der Waals surface area contributed by atoms with Crippen molar-refractivity contribution in [1.29, 1.82) is 0 Å². The Morgan fingerprint density at radius 1 is 1.33 bits per heavy atom. The van der Waals surface area contributed by atoms with E-state index in [1.807, 2.05) is 26.8 Å². The number of carbonyl (C=O) groups excluding carboxylic acids is 2. The van der Waals surface area contributed by atoms with Crippen molar-refractivity contribution in [3.05, 3.63) is 33.8 Å². The van der Waals surface area contributed by atoms with E-state index in [2.05, 4.69) is 26.6 Å². The highest BCUT2D eigenvalue weighted by molar-refractivity contribution is 9.10. The van der Waals surface area contributed by atoms with Crippen LogP contribution in [0.1, 0.15) is 29.8 Å². The minimum Gasteiger partial charge on any atom is -0.352 e. The van der Waals surface area contributed by atoms with Gasteiger partial charge in [-0.1, -0.05) is 15.9 Å². The molecule has 2 N–H and O–H groups in total. The molecule has 1 rings (SSSR count). The first-order valence-corrected chi connectivity index (χ1v) is 6.53. The Balaban J connectivity index is 2.55. The van der Waals surface area contributed by atoms with E-state index in [0.717, 1.165) is 10.0 Å². The normalized spacial score (nSPS) is 10.3. The highest BCUT2D eigenvalue weighted by atomic mass is 79.9. The molecule has 1 aromatic rings. The molecule has 4 nitrogen and oxygen atoms in total. The van der Waals surface area contributed by atoms with Crippen molar-refractivity contribution in [2.45, 2.75) is 26.8 Å². The van der Waals surface area contributed by atoms with Crippen molar-refractivity contribution in [3.63, 3.8) is 0 Å². The third-order valence-electron chi connectivity index (χ3n) is 2.28. The fourth-order valence-electron chi connectivity index (χ4n) is 1.42. The van der Waals surface area contributed by atoms with E-state index in [9.17, 15) is 9.59 Å². The zero-order chi connectivity index (χ0) is 13.7. The Bertz CT molecular complexity index is 458. The number of halogens is 1. The monoisotopic (exact) mass is 312 g/mol. The molecule has 98 valence electrons. The minimum atomic E-state index is -0.246. The lowest BCUT2D eigenvalue weighted by Gasteiger charge is -2.09. The summed E-state index contributed by atoms with van der Waals surface area (Å²) >= 11 is 3.37. The van der Waals surface area contributed by atoms with Gasteiger partial charge < -0.3 is 10.6 Å². The molecule has 0 atom stereocenters. The van der Waals surface area contributed by atoms with Gasteiger partial charge in [0, 0.05) is 16.1 Å².